The second-order valence-electron chi connectivity index (χ2n) is 6.96. The van der Waals surface area contributed by atoms with E-state index in [4.69, 9.17) is 10.5 Å². The van der Waals surface area contributed by atoms with Gasteiger partial charge < -0.3 is 10.5 Å². The molecule has 0 amide bonds. The van der Waals surface area contributed by atoms with Crippen LogP contribution in [0.3, 0.4) is 0 Å². The van der Waals surface area contributed by atoms with Crippen molar-refractivity contribution in [2.45, 2.75) is 13.1 Å². The van der Waals surface area contributed by atoms with Crippen LogP contribution in [-0.4, -0.2) is 76.6 Å². The Kier molecular flexibility index (Phi) is 6.91. The SMILES string of the molecule is COCCn1c(N)c(C(=O)CN2CCN(Cc3ccccn3)CC2)c(=O)[nH]c1=O. The normalized spacial score (nSPS) is 15.5. The largest absolute Gasteiger partial charge is 0.384 e. The quantitative estimate of drug-likeness (QED) is 0.548. The van der Waals surface area contributed by atoms with Crippen LogP contribution < -0.4 is 17.0 Å². The summed E-state index contributed by atoms with van der Waals surface area (Å²) in [6, 6.07) is 5.84. The number of nitrogens with one attached hydrogen (secondary N) is 1. The number of aromatic nitrogens is 3. The summed E-state index contributed by atoms with van der Waals surface area (Å²) in [6.45, 7) is 4.21. The molecule has 0 unspecified atom stereocenters. The number of nitrogens with zero attached hydrogens (tertiary/aromatic N) is 4. The number of H-pyrrole nitrogens is 1. The topological polar surface area (TPSA) is 127 Å². The Morgan fingerprint density at radius 1 is 1.21 bits per heavy atom. The predicted molar refractivity (Wildman–Crippen MR) is 108 cm³/mol. The Morgan fingerprint density at radius 2 is 1.93 bits per heavy atom. The molecule has 1 aliphatic heterocycles. The molecular weight excluding hydrogens is 376 g/mol. The number of piperazine rings is 1. The van der Waals surface area contributed by atoms with Gasteiger partial charge in [-0.2, -0.15) is 0 Å². The molecule has 1 saturated heterocycles. The minimum absolute atomic E-state index is 0.0766. The van der Waals surface area contributed by atoms with E-state index >= 15 is 0 Å². The minimum atomic E-state index is -0.750. The molecule has 10 nitrogen and oxygen atoms in total. The van der Waals surface area contributed by atoms with Crippen LogP contribution in [0.2, 0.25) is 0 Å². The van der Waals surface area contributed by atoms with Crippen LogP contribution >= 0.6 is 0 Å². The van der Waals surface area contributed by atoms with Gasteiger partial charge in [0.15, 0.2) is 5.78 Å². The lowest BCUT2D eigenvalue weighted by molar-refractivity contribution is 0.0840. The molecule has 0 aliphatic carbocycles. The van der Waals surface area contributed by atoms with E-state index in [9.17, 15) is 14.4 Å². The molecule has 0 spiro atoms. The van der Waals surface area contributed by atoms with Gasteiger partial charge in [0.25, 0.3) is 5.56 Å². The number of hydrogen-bond donors (Lipinski definition) is 2. The first-order valence-corrected chi connectivity index (χ1v) is 9.49. The molecule has 29 heavy (non-hydrogen) atoms. The van der Waals surface area contributed by atoms with E-state index in [0.29, 0.717) is 13.1 Å². The van der Waals surface area contributed by atoms with E-state index in [0.717, 1.165) is 29.9 Å². The van der Waals surface area contributed by atoms with Crippen molar-refractivity contribution in [2.24, 2.45) is 0 Å². The summed E-state index contributed by atoms with van der Waals surface area (Å²) in [7, 11) is 1.49. The van der Waals surface area contributed by atoms with Gasteiger partial charge in [-0.3, -0.25) is 33.9 Å². The van der Waals surface area contributed by atoms with E-state index in [2.05, 4.69) is 14.9 Å². The number of hydrogen-bond acceptors (Lipinski definition) is 8. The molecule has 2 aromatic heterocycles. The highest BCUT2D eigenvalue weighted by Gasteiger charge is 2.24. The molecule has 0 radical (unpaired) electrons. The van der Waals surface area contributed by atoms with Crippen LogP contribution in [0, 0.1) is 0 Å². The standard InChI is InChI=1S/C19H26N6O4/c1-29-11-10-25-17(20)16(18(27)22-19(25)28)15(26)13-24-8-6-23(7-9-24)12-14-4-2-3-5-21-14/h2-5H,6-13,20H2,1H3,(H,22,27,28). The molecule has 3 N–H and O–H groups in total. The average Bonchev–Trinajstić information content (AvgIpc) is 2.70. The number of Topliss-reactive ketones (excluding diaryl/α,β-unsaturated/α-hetero) is 1. The zero-order valence-electron chi connectivity index (χ0n) is 16.5. The molecule has 2 aromatic rings. The molecule has 156 valence electrons. The van der Waals surface area contributed by atoms with Crippen molar-refractivity contribution in [3.05, 3.63) is 56.5 Å². The maximum Gasteiger partial charge on any atom is 0.330 e. The summed E-state index contributed by atoms with van der Waals surface area (Å²) >= 11 is 0. The molecule has 3 heterocycles. The number of nitrogens with two attached hydrogens (primary N) is 1. The average molecular weight is 402 g/mol. The van der Waals surface area contributed by atoms with E-state index < -0.39 is 17.0 Å². The van der Waals surface area contributed by atoms with Gasteiger partial charge in [0, 0.05) is 46.0 Å². The fourth-order valence-electron chi connectivity index (χ4n) is 3.37. The zero-order chi connectivity index (χ0) is 20.8. The van der Waals surface area contributed by atoms with Crippen molar-refractivity contribution in [1.29, 1.82) is 0 Å². The Balaban J connectivity index is 1.62. The van der Waals surface area contributed by atoms with Crippen LogP contribution in [0.15, 0.2) is 34.0 Å². The number of pyridine rings is 1. The number of carbonyl (C=O) groups excluding carboxylic acids is 1. The fourth-order valence-corrected chi connectivity index (χ4v) is 3.37. The van der Waals surface area contributed by atoms with Gasteiger partial charge >= 0.3 is 5.69 Å². The molecule has 0 atom stereocenters. The Hall–Kier alpha value is -2.82. The monoisotopic (exact) mass is 402 g/mol. The van der Waals surface area contributed by atoms with Crippen molar-refractivity contribution in [2.75, 3.05) is 52.2 Å². The second-order valence-corrected chi connectivity index (χ2v) is 6.96. The van der Waals surface area contributed by atoms with Crippen molar-refractivity contribution in [1.82, 2.24) is 24.3 Å². The number of nitrogen functional groups attached to an aromatic ring is 1. The van der Waals surface area contributed by atoms with Gasteiger partial charge in [0.2, 0.25) is 0 Å². The summed E-state index contributed by atoms with van der Waals surface area (Å²) in [4.78, 5) is 47.7. The van der Waals surface area contributed by atoms with Crippen LogP contribution in [0.4, 0.5) is 5.82 Å². The summed E-state index contributed by atoms with van der Waals surface area (Å²) in [6.07, 6.45) is 1.78. The third-order valence-corrected chi connectivity index (χ3v) is 4.98. The van der Waals surface area contributed by atoms with Crippen molar-refractivity contribution in [3.8, 4) is 0 Å². The molecule has 1 aliphatic rings. The highest BCUT2D eigenvalue weighted by Crippen LogP contribution is 2.10. The van der Waals surface area contributed by atoms with Gasteiger partial charge in [-0.25, -0.2) is 4.79 Å². The summed E-state index contributed by atoms with van der Waals surface area (Å²) in [5.41, 5.74) is 5.41. The summed E-state index contributed by atoms with van der Waals surface area (Å²) in [5.74, 6) is -0.511. The third kappa shape index (κ3) is 5.17. The van der Waals surface area contributed by atoms with Crippen LogP contribution in [0.1, 0.15) is 16.1 Å². The van der Waals surface area contributed by atoms with E-state index in [-0.39, 0.29) is 31.1 Å². The van der Waals surface area contributed by atoms with Gasteiger partial charge in [-0.05, 0) is 12.1 Å². The minimum Gasteiger partial charge on any atom is -0.384 e. The summed E-state index contributed by atoms with van der Waals surface area (Å²) in [5, 5.41) is 0. The first-order valence-electron chi connectivity index (χ1n) is 9.49. The van der Waals surface area contributed by atoms with Gasteiger partial charge in [0.1, 0.15) is 11.4 Å². The van der Waals surface area contributed by atoms with Crippen molar-refractivity contribution >= 4 is 11.6 Å². The molecular formula is C19H26N6O4. The van der Waals surface area contributed by atoms with Gasteiger partial charge in [-0.1, -0.05) is 6.07 Å². The third-order valence-electron chi connectivity index (χ3n) is 4.98. The number of ether oxygens (including phenoxy) is 1. The number of ketones is 1. The van der Waals surface area contributed by atoms with Gasteiger partial charge in [-0.15, -0.1) is 0 Å². The number of rotatable bonds is 8. The molecule has 0 bridgehead atoms. The number of methoxy groups -OCH3 is 1. The maximum absolute atomic E-state index is 12.8. The van der Waals surface area contributed by atoms with E-state index in [1.807, 2.05) is 23.1 Å². The molecule has 10 heteroatoms. The summed E-state index contributed by atoms with van der Waals surface area (Å²) < 4.78 is 6.11. The molecule has 0 saturated carbocycles. The molecule has 0 aromatic carbocycles. The molecule has 3 rings (SSSR count). The zero-order valence-corrected chi connectivity index (χ0v) is 16.5. The van der Waals surface area contributed by atoms with E-state index in [1.54, 1.807) is 6.20 Å². The Bertz CT molecular complexity index is 947. The van der Waals surface area contributed by atoms with Crippen molar-refractivity contribution < 1.29 is 9.53 Å². The lowest BCUT2D eigenvalue weighted by Gasteiger charge is -2.34. The lowest BCUT2D eigenvalue weighted by atomic mass is 10.1. The first-order chi connectivity index (χ1) is 14.0. The number of anilines is 1. The second kappa shape index (κ2) is 9.59. The first kappa shape index (κ1) is 20.9. The smallest absolute Gasteiger partial charge is 0.330 e. The Labute approximate surface area is 167 Å². The van der Waals surface area contributed by atoms with E-state index in [1.165, 1.54) is 7.11 Å². The Morgan fingerprint density at radius 3 is 2.59 bits per heavy atom. The van der Waals surface area contributed by atoms with Crippen LogP contribution in [0.5, 0.6) is 0 Å². The highest BCUT2D eigenvalue weighted by atomic mass is 16.5. The van der Waals surface area contributed by atoms with Gasteiger partial charge in [0.05, 0.1) is 25.4 Å². The fraction of sp³-hybridized carbons (Fsp3) is 0.474. The number of aromatic amines is 1. The van der Waals surface area contributed by atoms with Crippen LogP contribution in [0.25, 0.3) is 0 Å². The van der Waals surface area contributed by atoms with Crippen molar-refractivity contribution in [3.63, 3.8) is 0 Å². The highest BCUT2D eigenvalue weighted by molar-refractivity contribution is 6.01. The maximum atomic E-state index is 12.8. The predicted octanol–water partition coefficient (Wildman–Crippen LogP) is -0.839. The lowest BCUT2D eigenvalue weighted by Crippen LogP contribution is -2.48. The molecule has 1 fully saturated rings. The van der Waals surface area contributed by atoms with Crippen LogP contribution in [-0.2, 0) is 17.8 Å². The number of carbonyl (C=O) groups is 1.